The van der Waals surface area contributed by atoms with Crippen LogP contribution in [0.25, 0.3) is 0 Å². The monoisotopic (exact) mass is 412 g/mol. The van der Waals surface area contributed by atoms with Crippen molar-refractivity contribution in [2.24, 2.45) is 0 Å². The van der Waals surface area contributed by atoms with Crippen LogP contribution in [-0.4, -0.2) is 5.24 Å². The largest absolute Gasteiger partial charge is 0.418 e. The number of benzene rings is 1. The van der Waals surface area contributed by atoms with E-state index in [1.54, 1.807) is 22.6 Å². The number of rotatable bonds is 1. The van der Waals surface area contributed by atoms with Crippen molar-refractivity contribution < 1.29 is 18.0 Å². The second kappa shape index (κ2) is 4.58. The van der Waals surface area contributed by atoms with Gasteiger partial charge in [0, 0.05) is 13.6 Å². The summed E-state index contributed by atoms with van der Waals surface area (Å²) in [4.78, 5) is 10.8. The fourth-order valence-electron chi connectivity index (χ4n) is 0.964. The van der Waals surface area contributed by atoms with Crippen LogP contribution in [0.2, 0.25) is 0 Å². The van der Waals surface area contributed by atoms with Gasteiger partial charge in [-0.05, 0) is 62.3 Å². The Bertz CT molecular complexity index is 419. The van der Waals surface area contributed by atoms with Crippen molar-refractivity contribution in [2.75, 3.05) is 0 Å². The lowest BCUT2D eigenvalue weighted by Crippen LogP contribution is -2.10. The third kappa shape index (κ3) is 2.85. The van der Waals surface area contributed by atoms with Gasteiger partial charge in [0.05, 0.1) is 5.56 Å². The fraction of sp³-hybridized carbons (Fsp3) is 0.125. The van der Waals surface area contributed by atoms with Gasteiger partial charge in [-0.3, -0.25) is 4.79 Å². The van der Waals surface area contributed by atoms with Gasteiger partial charge in [-0.25, -0.2) is 0 Å². The molecule has 0 saturated carbocycles. The second-order valence-electron chi connectivity index (χ2n) is 2.56. The summed E-state index contributed by atoms with van der Waals surface area (Å²) in [7, 11) is 0. The summed E-state index contributed by atoms with van der Waals surface area (Å²) in [6.07, 6.45) is -4.52. The quantitative estimate of drug-likeness (QED) is 0.491. The number of hydrogen-bond donors (Lipinski definition) is 0. The summed E-state index contributed by atoms with van der Waals surface area (Å²) in [5.41, 5.74) is -1.07. The molecule has 1 rings (SSSR count). The number of alkyl halides is 3. The minimum atomic E-state index is -4.52. The van der Waals surface area contributed by atoms with Crippen LogP contribution in [0.1, 0.15) is 15.9 Å². The van der Waals surface area contributed by atoms with E-state index in [0.29, 0.717) is 0 Å². The molecule has 0 unspecified atom stereocenters. The molecule has 0 heterocycles. The zero-order chi connectivity index (χ0) is 11.8. The zero-order valence-corrected chi connectivity index (χ0v) is 11.3. The Morgan fingerprint density at radius 1 is 1.40 bits per heavy atom. The van der Waals surface area contributed by atoms with Gasteiger partial charge in [0.25, 0.3) is 5.24 Å². The van der Waals surface area contributed by atoms with Crippen molar-refractivity contribution in [3.63, 3.8) is 0 Å². The lowest BCUT2D eigenvalue weighted by molar-refractivity contribution is -0.138. The summed E-state index contributed by atoms with van der Waals surface area (Å²) in [5, 5.41) is -0.927. The van der Waals surface area contributed by atoms with Crippen LogP contribution in [-0.2, 0) is 6.18 Å². The molecule has 0 spiro atoms. The minimum absolute atomic E-state index is 0.00800. The molecule has 0 amide bonds. The molecule has 0 aliphatic carbocycles. The maximum absolute atomic E-state index is 12.6. The van der Waals surface area contributed by atoms with Crippen LogP contribution in [0, 0.1) is 3.57 Å². The molecule has 0 atom stereocenters. The molecule has 82 valence electrons. The Hall–Kier alpha value is 0.180. The SMILES string of the molecule is O=C(Cl)c1ccc(I)c(C(F)(F)F)c1Br. The molecule has 1 aromatic rings. The van der Waals surface area contributed by atoms with Gasteiger partial charge in [-0.2, -0.15) is 13.2 Å². The summed E-state index contributed by atoms with van der Waals surface area (Å²) in [6.45, 7) is 0. The van der Waals surface area contributed by atoms with Gasteiger partial charge >= 0.3 is 6.18 Å². The number of hydrogen-bond acceptors (Lipinski definition) is 1. The maximum atomic E-state index is 12.6. The molecular weight excluding hydrogens is 411 g/mol. The standard InChI is InChI=1S/C8H2BrClF3IO/c9-6-3(7(10)15)1-2-4(14)5(6)8(11,12)13/h1-2H. The average molecular weight is 413 g/mol. The average Bonchev–Trinajstić information content (AvgIpc) is 2.00. The molecule has 0 fully saturated rings. The van der Waals surface area contributed by atoms with E-state index in [4.69, 9.17) is 11.6 Å². The summed E-state index contributed by atoms with van der Waals surface area (Å²) < 4.78 is 37.4. The molecular formula is C8H2BrClF3IO. The highest BCUT2D eigenvalue weighted by Gasteiger charge is 2.36. The lowest BCUT2D eigenvalue weighted by atomic mass is 10.1. The third-order valence-electron chi connectivity index (χ3n) is 1.59. The van der Waals surface area contributed by atoms with Gasteiger partial charge < -0.3 is 0 Å². The van der Waals surface area contributed by atoms with Crippen LogP contribution in [0.3, 0.4) is 0 Å². The molecule has 0 aliphatic heterocycles. The Labute approximate surface area is 110 Å². The molecule has 0 aromatic heterocycles. The van der Waals surface area contributed by atoms with Crippen LogP contribution in [0.5, 0.6) is 0 Å². The summed E-state index contributed by atoms with van der Waals surface area (Å²) in [5.74, 6) is 0. The Balaban J connectivity index is 3.51. The van der Waals surface area contributed by atoms with Crippen molar-refractivity contribution in [1.82, 2.24) is 0 Å². The molecule has 0 bridgehead atoms. The number of carbonyl (C=O) groups is 1. The molecule has 0 N–H and O–H groups in total. The highest BCUT2D eigenvalue weighted by atomic mass is 127. The van der Waals surface area contributed by atoms with E-state index >= 15 is 0 Å². The van der Waals surface area contributed by atoms with Crippen LogP contribution >= 0.6 is 50.1 Å². The molecule has 0 radical (unpaired) electrons. The van der Waals surface area contributed by atoms with Gasteiger partial charge in [-0.15, -0.1) is 0 Å². The Morgan fingerprint density at radius 3 is 2.33 bits per heavy atom. The lowest BCUT2D eigenvalue weighted by Gasteiger charge is -2.12. The highest BCUT2D eigenvalue weighted by Crippen LogP contribution is 2.39. The van der Waals surface area contributed by atoms with E-state index in [9.17, 15) is 18.0 Å². The third-order valence-corrected chi connectivity index (χ3v) is 3.51. The summed E-state index contributed by atoms with van der Waals surface area (Å²) >= 11 is 9.43. The minimum Gasteiger partial charge on any atom is -0.276 e. The van der Waals surface area contributed by atoms with Gasteiger partial charge in [0.15, 0.2) is 0 Å². The van der Waals surface area contributed by atoms with Crippen molar-refractivity contribution in [3.8, 4) is 0 Å². The van der Waals surface area contributed by atoms with Gasteiger partial charge in [0.2, 0.25) is 0 Å². The van der Waals surface area contributed by atoms with E-state index in [0.717, 1.165) is 0 Å². The van der Waals surface area contributed by atoms with Crippen molar-refractivity contribution in [2.45, 2.75) is 6.18 Å². The first kappa shape index (κ1) is 13.2. The first-order valence-electron chi connectivity index (χ1n) is 3.50. The van der Waals surface area contributed by atoms with Crippen molar-refractivity contribution in [3.05, 3.63) is 31.3 Å². The van der Waals surface area contributed by atoms with Crippen molar-refractivity contribution in [1.29, 1.82) is 0 Å². The first-order valence-corrected chi connectivity index (χ1v) is 5.75. The molecule has 15 heavy (non-hydrogen) atoms. The second-order valence-corrected chi connectivity index (χ2v) is 4.85. The molecule has 7 heteroatoms. The van der Waals surface area contributed by atoms with Crippen LogP contribution in [0.4, 0.5) is 13.2 Å². The van der Waals surface area contributed by atoms with Gasteiger partial charge in [-0.1, -0.05) is 0 Å². The van der Waals surface area contributed by atoms with Crippen molar-refractivity contribution >= 4 is 55.4 Å². The van der Waals surface area contributed by atoms with E-state index in [1.807, 2.05) is 0 Å². The van der Waals surface area contributed by atoms with Crippen LogP contribution < -0.4 is 0 Å². The molecule has 0 aliphatic rings. The van der Waals surface area contributed by atoms with E-state index in [2.05, 4.69) is 15.9 Å². The maximum Gasteiger partial charge on any atom is 0.418 e. The highest BCUT2D eigenvalue weighted by molar-refractivity contribution is 14.1. The summed E-state index contributed by atoms with van der Waals surface area (Å²) in [6, 6.07) is 2.44. The number of carbonyl (C=O) groups excluding carboxylic acids is 1. The molecule has 0 saturated heterocycles. The van der Waals surface area contributed by atoms with E-state index in [1.165, 1.54) is 12.1 Å². The Kier molecular flexibility index (Phi) is 4.05. The number of halogens is 6. The molecule has 1 nitrogen and oxygen atoms in total. The predicted octanol–water partition coefficient (Wildman–Crippen LogP) is 4.45. The first-order chi connectivity index (χ1) is 6.75. The fourth-order valence-corrected chi connectivity index (χ4v) is 3.11. The van der Waals surface area contributed by atoms with E-state index < -0.39 is 17.0 Å². The predicted molar refractivity (Wildman–Crippen MR) is 62.0 cm³/mol. The normalized spacial score (nSPS) is 11.6. The topological polar surface area (TPSA) is 17.1 Å². The van der Waals surface area contributed by atoms with Gasteiger partial charge in [0.1, 0.15) is 0 Å². The Morgan fingerprint density at radius 2 is 1.93 bits per heavy atom. The zero-order valence-electron chi connectivity index (χ0n) is 6.83. The molecule has 1 aromatic carbocycles. The smallest absolute Gasteiger partial charge is 0.276 e. The van der Waals surface area contributed by atoms with E-state index in [-0.39, 0.29) is 13.6 Å². The van der Waals surface area contributed by atoms with Crippen LogP contribution in [0.15, 0.2) is 16.6 Å².